The van der Waals surface area contributed by atoms with Crippen LogP contribution in [0.1, 0.15) is 60.4 Å². The lowest BCUT2D eigenvalue weighted by atomic mass is 9.89. The van der Waals surface area contributed by atoms with Gasteiger partial charge in [-0.15, -0.1) is 12.4 Å². The minimum atomic E-state index is -0.349. The molecule has 1 amide bonds. The standard InChI is InChI=1S/C21H30N2O4.ClH/c1-26-20(24)14-27-19-8-6-18(7-9-19)23-21(25)17-4-2-15(3-5-17)16-10-12-22-13-11-16;/h2-5,16,18-19,22H,6-14H2,1H3,(H,23,25);1H/t18-,19-;. The van der Waals surface area contributed by atoms with Crippen LogP contribution in [0.2, 0.25) is 0 Å². The maximum absolute atomic E-state index is 12.5. The fourth-order valence-corrected chi connectivity index (χ4v) is 3.95. The lowest BCUT2D eigenvalue weighted by molar-refractivity contribution is -0.148. The molecule has 1 saturated carbocycles. The second-order valence-electron chi connectivity index (χ2n) is 7.48. The van der Waals surface area contributed by atoms with E-state index in [1.807, 2.05) is 12.1 Å². The Hall–Kier alpha value is -1.63. The normalized spacial score (nSPS) is 22.8. The predicted molar refractivity (Wildman–Crippen MR) is 110 cm³/mol. The number of piperidine rings is 1. The van der Waals surface area contributed by atoms with Crippen molar-refractivity contribution in [2.24, 2.45) is 0 Å². The summed E-state index contributed by atoms with van der Waals surface area (Å²) in [6.07, 6.45) is 5.81. The summed E-state index contributed by atoms with van der Waals surface area (Å²) in [4.78, 5) is 23.7. The number of carbonyl (C=O) groups excluding carboxylic acids is 2. The fourth-order valence-electron chi connectivity index (χ4n) is 3.95. The molecule has 2 fully saturated rings. The largest absolute Gasteiger partial charge is 0.467 e. The highest BCUT2D eigenvalue weighted by atomic mass is 35.5. The van der Waals surface area contributed by atoms with E-state index >= 15 is 0 Å². The van der Waals surface area contributed by atoms with Crippen molar-refractivity contribution in [1.29, 1.82) is 0 Å². The van der Waals surface area contributed by atoms with E-state index in [1.54, 1.807) is 0 Å². The second-order valence-corrected chi connectivity index (χ2v) is 7.48. The van der Waals surface area contributed by atoms with Crippen LogP contribution in [0.15, 0.2) is 24.3 Å². The molecule has 1 aliphatic carbocycles. The molecule has 28 heavy (non-hydrogen) atoms. The summed E-state index contributed by atoms with van der Waals surface area (Å²) in [5.41, 5.74) is 2.05. The van der Waals surface area contributed by atoms with E-state index in [0.29, 0.717) is 5.92 Å². The van der Waals surface area contributed by atoms with E-state index < -0.39 is 0 Å². The van der Waals surface area contributed by atoms with Crippen LogP contribution in [0.3, 0.4) is 0 Å². The number of rotatable bonds is 6. The molecule has 0 spiro atoms. The minimum absolute atomic E-state index is 0. The average molecular weight is 411 g/mol. The molecule has 1 heterocycles. The van der Waals surface area contributed by atoms with Crippen molar-refractivity contribution in [2.45, 2.75) is 56.6 Å². The Morgan fingerprint density at radius 3 is 2.29 bits per heavy atom. The number of methoxy groups -OCH3 is 1. The lowest BCUT2D eigenvalue weighted by Crippen LogP contribution is -2.39. The molecule has 7 heteroatoms. The van der Waals surface area contributed by atoms with Crippen molar-refractivity contribution in [1.82, 2.24) is 10.6 Å². The van der Waals surface area contributed by atoms with Crippen molar-refractivity contribution in [2.75, 3.05) is 26.8 Å². The van der Waals surface area contributed by atoms with Gasteiger partial charge in [0.1, 0.15) is 6.61 Å². The molecule has 3 rings (SSSR count). The third-order valence-electron chi connectivity index (χ3n) is 5.66. The van der Waals surface area contributed by atoms with Crippen LogP contribution in [-0.4, -0.2) is 50.8 Å². The minimum Gasteiger partial charge on any atom is -0.467 e. The maximum atomic E-state index is 12.5. The van der Waals surface area contributed by atoms with Crippen LogP contribution >= 0.6 is 12.4 Å². The van der Waals surface area contributed by atoms with Crippen molar-refractivity contribution in [3.8, 4) is 0 Å². The first kappa shape index (κ1) is 22.7. The summed E-state index contributed by atoms with van der Waals surface area (Å²) in [6, 6.07) is 8.25. The topological polar surface area (TPSA) is 76.7 Å². The highest BCUT2D eigenvalue weighted by molar-refractivity contribution is 5.94. The van der Waals surface area contributed by atoms with E-state index in [9.17, 15) is 9.59 Å². The summed E-state index contributed by atoms with van der Waals surface area (Å²) in [6.45, 7) is 2.14. The Labute approximate surface area is 173 Å². The fraction of sp³-hybridized carbons (Fsp3) is 0.619. The van der Waals surface area contributed by atoms with Gasteiger partial charge < -0.3 is 20.1 Å². The smallest absolute Gasteiger partial charge is 0.331 e. The van der Waals surface area contributed by atoms with Gasteiger partial charge in [0.15, 0.2) is 0 Å². The Morgan fingerprint density at radius 1 is 1.04 bits per heavy atom. The first-order valence-corrected chi connectivity index (χ1v) is 9.95. The highest BCUT2D eigenvalue weighted by Gasteiger charge is 2.24. The van der Waals surface area contributed by atoms with Gasteiger partial charge in [-0.3, -0.25) is 4.79 Å². The Kier molecular flexibility index (Phi) is 9.22. The van der Waals surface area contributed by atoms with Gasteiger partial charge in [0.05, 0.1) is 13.2 Å². The van der Waals surface area contributed by atoms with Gasteiger partial charge in [-0.05, 0) is 75.2 Å². The summed E-state index contributed by atoms with van der Waals surface area (Å²) < 4.78 is 10.1. The molecule has 2 aliphatic rings. The van der Waals surface area contributed by atoms with Crippen molar-refractivity contribution in [3.63, 3.8) is 0 Å². The second kappa shape index (κ2) is 11.4. The molecular formula is C21H31ClN2O4. The van der Waals surface area contributed by atoms with E-state index in [-0.39, 0.29) is 43.0 Å². The Morgan fingerprint density at radius 2 is 1.68 bits per heavy atom. The number of esters is 1. The van der Waals surface area contributed by atoms with Crippen molar-refractivity contribution in [3.05, 3.63) is 35.4 Å². The number of ether oxygens (including phenoxy) is 2. The van der Waals surface area contributed by atoms with Crippen molar-refractivity contribution >= 4 is 24.3 Å². The summed E-state index contributed by atoms with van der Waals surface area (Å²) in [5.74, 6) is 0.243. The summed E-state index contributed by atoms with van der Waals surface area (Å²) >= 11 is 0. The van der Waals surface area contributed by atoms with Gasteiger partial charge in [0.2, 0.25) is 0 Å². The number of amides is 1. The first-order valence-electron chi connectivity index (χ1n) is 9.95. The summed E-state index contributed by atoms with van der Waals surface area (Å²) in [7, 11) is 1.36. The van der Waals surface area contributed by atoms with Gasteiger partial charge in [-0.2, -0.15) is 0 Å². The van der Waals surface area contributed by atoms with E-state index in [1.165, 1.54) is 12.7 Å². The highest BCUT2D eigenvalue weighted by Crippen LogP contribution is 2.25. The van der Waals surface area contributed by atoms with Gasteiger partial charge >= 0.3 is 5.97 Å². The third-order valence-corrected chi connectivity index (χ3v) is 5.66. The quantitative estimate of drug-likeness (QED) is 0.705. The summed E-state index contributed by atoms with van der Waals surface area (Å²) in [5, 5.41) is 6.52. The van der Waals surface area contributed by atoms with Gasteiger partial charge in [-0.1, -0.05) is 12.1 Å². The monoisotopic (exact) mass is 410 g/mol. The molecule has 1 aromatic carbocycles. The van der Waals surface area contributed by atoms with Crippen LogP contribution in [0, 0.1) is 0 Å². The zero-order valence-corrected chi connectivity index (χ0v) is 17.3. The molecule has 2 N–H and O–H groups in total. The molecule has 1 aliphatic heterocycles. The molecule has 0 bridgehead atoms. The van der Waals surface area contributed by atoms with E-state index in [2.05, 4.69) is 27.5 Å². The molecule has 0 unspecified atom stereocenters. The molecule has 1 aromatic rings. The van der Waals surface area contributed by atoms with Gasteiger partial charge in [0, 0.05) is 11.6 Å². The van der Waals surface area contributed by atoms with Gasteiger partial charge in [0.25, 0.3) is 5.91 Å². The molecule has 156 valence electrons. The molecule has 1 saturated heterocycles. The average Bonchev–Trinajstić information content (AvgIpc) is 2.73. The number of hydrogen-bond donors (Lipinski definition) is 2. The molecule has 0 atom stereocenters. The first-order chi connectivity index (χ1) is 13.2. The Balaban J connectivity index is 0.00000280. The maximum Gasteiger partial charge on any atom is 0.331 e. The number of nitrogens with one attached hydrogen (secondary N) is 2. The van der Waals surface area contributed by atoms with Crippen LogP contribution in [0.5, 0.6) is 0 Å². The molecule has 0 aromatic heterocycles. The third kappa shape index (κ3) is 6.47. The lowest BCUT2D eigenvalue weighted by Gasteiger charge is -2.29. The SMILES string of the molecule is COC(=O)CO[C@H]1CC[C@H](NC(=O)c2ccc(C3CCNCC3)cc2)CC1.Cl. The molecule has 0 radical (unpaired) electrons. The number of halogens is 1. The Bertz CT molecular complexity index is 624. The molecule has 6 nitrogen and oxygen atoms in total. The van der Waals surface area contributed by atoms with Crippen LogP contribution in [0.4, 0.5) is 0 Å². The zero-order chi connectivity index (χ0) is 19.1. The number of hydrogen-bond acceptors (Lipinski definition) is 5. The van der Waals surface area contributed by atoms with Gasteiger partial charge in [-0.25, -0.2) is 4.79 Å². The van der Waals surface area contributed by atoms with E-state index in [0.717, 1.165) is 57.2 Å². The zero-order valence-electron chi connectivity index (χ0n) is 16.4. The number of carbonyl (C=O) groups is 2. The van der Waals surface area contributed by atoms with Crippen molar-refractivity contribution < 1.29 is 19.1 Å². The van der Waals surface area contributed by atoms with Crippen LogP contribution in [-0.2, 0) is 14.3 Å². The van der Waals surface area contributed by atoms with Crippen LogP contribution in [0.25, 0.3) is 0 Å². The van der Waals surface area contributed by atoms with Crippen LogP contribution < -0.4 is 10.6 Å². The predicted octanol–water partition coefficient (Wildman–Crippen LogP) is 2.81. The molecular weight excluding hydrogens is 380 g/mol. The van der Waals surface area contributed by atoms with E-state index in [4.69, 9.17) is 4.74 Å². The number of benzene rings is 1.